The van der Waals surface area contributed by atoms with E-state index in [1.807, 2.05) is 0 Å². The predicted octanol–water partition coefficient (Wildman–Crippen LogP) is 2.33. The smallest absolute Gasteiger partial charge is 0.232 e. The van der Waals surface area contributed by atoms with Crippen LogP contribution in [0.4, 0.5) is 14.5 Å². The summed E-state index contributed by atoms with van der Waals surface area (Å²) in [6.45, 7) is -0.0742. The molecule has 0 saturated carbocycles. The van der Waals surface area contributed by atoms with Crippen LogP contribution in [0.3, 0.4) is 0 Å². The number of hydrogen-bond acceptors (Lipinski definition) is 3. The summed E-state index contributed by atoms with van der Waals surface area (Å²) in [5.41, 5.74) is 0.402. The van der Waals surface area contributed by atoms with Gasteiger partial charge < -0.3 is 0 Å². The number of halogens is 2. The summed E-state index contributed by atoms with van der Waals surface area (Å²) in [4.78, 5) is 3.87. The van der Waals surface area contributed by atoms with Crippen molar-refractivity contribution in [3.63, 3.8) is 0 Å². The van der Waals surface area contributed by atoms with Crippen LogP contribution >= 0.6 is 0 Å². The zero-order chi connectivity index (χ0) is 14.8. The van der Waals surface area contributed by atoms with Gasteiger partial charge in [0.15, 0.2) is 0 Å². The molecule has 1 heterocycles. The van der Waals surface area contributed by atoms with Gasteiger partial charge in [-0.3, -0.25) is 9.29 Å². The molecule has 20 heavy (non-hydrogen) atoms. The number of sulfonamides is 1. The molecule has 2 rings (SSSR count). The molecule has 1 aromatic heterocycles. The zero-order valence-electron chi connectivity index (χ0n) is 10.6. The SMILES string of the molecule is CS(=O)(=O)N(Cc1cccnc1)c1ccc(F)cc1F. The highest BCUT2D eigenvalue weighted by Gasteiger charge is 2.21. The van der Waals surface area contributed by atoms with Gasteiger partial charge in [-0.1, -0.05) is 6.07 Å². The van der Waals surface area contributed by atoms with Crippen molar-refractivity contribution in [2.45, 2.75) is 6.54 Å². The maximum atomic E-state index is 13.8. The van der Waals surface area contributed by atoms with Crippen LogP contribution < -0.4 is 4.31 Å². The van der Waals surface area contributed by atoms with Gasteiger partial charge in [-0.25, -0.2) is 17.2 Å². The Morgan fingerprint density at radius 2 is 2.00 bits per heavy atom. The van der Waals surface area contributed by atoms with E-state index < -0.39 is 21.7 Å². The van der Waals surface area contributed by atoms with Crippen molar-refractivity contribution in [3.05, 3.63) is 59.9 Å². The van der Waals surface area contributed by atoms with Gasteiger partial charge in [0.05, 0.1) is 18.5 Å². The standard InChI is InChI=1S/C13H12F2N2O2S/c1-20(18,19)17(9-10-3-2-6-16-8-10)13-5-4-11(14)7-12(13)15/h2-8H,9H2,1H3. The van der Waals surface area contributed by atoms with Crippen molar-refractivity contribution in [2.24, 2.45) is 0 Å². The molecule has 0 saturated heterocycles. The number of anilines is 1. The van der Waals surface area contributed by atoms with Crippen LogP contribution in [0.15, 0.2) is 42.7 Å². The lowest BCUT2D eigenvalue weighted by atomic mass is 10.2. The van der Waals surface area contributed by atoms with E-state index in [1.165, 1.54) is 6.20 Å². The van der Waals surface area contributed by atoms with Gasteiger partial charge in [0, 0.05) is 18.5 Å². The van der Waals surface area contributed by atoms with Gasteiger partial charge in [-0.05, 0) is 23.8 Å². The molecule has 0 radical (unpaired) electrons. The number of rotatable bonds is 4. The van der Waals surface area contributed by atoms with Crippen LogP contribution in [-0.2, 0) is 16.6 Å². The van der Waals surface area contributed by atoms with Crippen LogP contribution in [0.25, 0.3) is 0 Å². The van der Waals surface area contributed by atoms with Crippen LogP contribution in [0.5, 0.6) is 0 Å². The molecular formula is C13H12F2N2O2S. The van der Waals surface area contributed by atoms with E-state index >= 15 is 0 Å². The number of benzene rings is 1. The maximum absolute atomic E-state index is 13.8. The summed E-state index contributed by atoms with van der Waals surface area (Å²) in [5.74, 6) is -1.69. The molecule has 106 valence electrons. The van der Waals surface area contributed by atoms with Crippen LogP contribution in [0.2, 0.25) is 0 Å². The normalized spacial score (nSPS) is 11.3. The van der Waals surface area contributed by atoms with Crippen LogP contribution in [0.1, 0.15) is 5.56 Å². The minimum absolute atomic E-state index is 0.0742. The summed E-state index contributed by atoms with van der Waals surface area (Å²) in [6.07, 6.45) is 4.00. The molecule has 4 nitrogen and oxygen atoms in total. The lowest BCUT2D eigenvalue weighted by Gasteiger charge is -2.22. The first-order chi connectivity index (χ1) is 9.38. The molecule has 0 aliphatic rings. The predicted molar refractivity (Wildman–Crippen MR) is 71.6 cm³/mol. The Kier molecular flexibility index (Phi) is 3.99. The summed E-state index contributed by atoms with van der Waals surface area (Å²) in [7, 11) is -3.71. The fraction of sp³-hybridized carbons (Fsp3) is 0.154. The number of pyridine rings is 1. The highest BCUT2D eigenvalue weighted by Crippen LogP contribution is 2.24. The van der Waals surface area contributed by atoms with Crippen molar-refractivity contribution in [1.82, 2.24) is 4.98 Å². The lowest BCUT2D eigenvalue weighted by Crippen LogP contribution is -2.30. The van der Waals surface area contributed by atoms with E-state index in [2.05, 4.69) is 4.98 Å². The molecule has 0 atom stereocenters. The second-order valence-electron chi connectivity index (χ2n) is 4.23. The fourth-order valence-electron chi connectivity index (χ4n) is 1.72. The Labute approximate surface area is 115 Å². The highest BCUT2D eigenvalue weighted by molar-refractivity contribution is 7.92. The van der Waals surface area contributed by atoms with Gasteiger partial charge in [-0.15, -0.1) is 0 Å². The quantitative estimate of drug-likeness (QED) is 0.870. The van der Waals surface area contributed by atoms with E-state index in [0.29, 0.717) is 11.6 Å². The van der Waals surface area contributed by atoms with E-state index in [-0.39, 0.29) is 12.2 Å². The minimum Gasteiger partial charge on any atom is -0.264 e. The molecule has 0 bridgehead atoms. The Balaban J connectivity index is 2.44. The number of aromatic nitrogens is 1. The van der Waals surface area contributed by atoms with Gasteiger partial charge in [0.25, 0.3) is 0 Å². The van der Waals surface area contributed by atoms with Gasteiger partial charge in [0.1, 0.15) is 11.6 Å². The average molecular weight is 298 g/mol. The first-order valence-corrected chi connectivity index (χ1v) is 7.54. The molecule has 0 aliphatic carbocycles. The van der Waals surface area contributed by atoms with E-state index in [1.54, 1.807) is 18.3 Å². The first-order valence-electron chi connectivity index (χ1n) is 5.69. The molecule has 2 aromatic rings. The van der Waals surface area contributed by atoms with Gasteiger partial charge >= 0.3 is 0 Å². The Bertz CT molecular complexity index is 706. The summed E-state index contributed by atoms with van der Waals surface area (Å²) in [6, 6.07) is 6.09. The molecule has 0 N–H and O–H groups in total. The highest BCUT2D eigenvalue weighted by atomic mass is 32.2. The second kappa shape index (κ2) is 5.54. The third kappa shape index (κ3) is 3.30. The zero-order valence-corrected chi connectivity index (χ0v) is 11.4. The average Bonchev–Trinajstić information content (AvgIpc) is 2.37. The largest absolute Gasteiger partial charge is 0.264 e. The Morgan fingerprint density at radius 3 is 2.55 bits per heavy atom. The summed E-state index contributed by atoms with van der Waals surface area (Å²) in [5, 5.41) is 0. The van der Waals surface area contributed by atoms with E-state index in [4.69, 9.17) is 0 Å². The van der Waals surface area contributed by atoms with E-state index in [0.717, 1.165) is 22.7 Å². The molecule has 1 aromatic carbocycles. The molecule has 0 aliphatic heterocycles. The van der Waals surface area contributed by atoms with Gasteiger partial charge in [0.2, 0.25) is 10.0 Å². The molecule has 0 fully saturated rings. The second-order valence-corrected chi connectivity index (χ2v) is 6.13. The number of hydrogen-bond donors (Lipinski definition) is 0. The number of nitrogens with zero attached hydrogens (tertiary/aromatic N) is 2. The van der Waals surface area contributed by atoms with Crippen LogP contribution in [-0.4, -0.2) is 19.7 Å². The van der Waals surface area contributed by atoms with Crippen molar-refractivity contribution in [3.8, 4) is 0 Å². The Hall–Kier alpha value is -2.02. The Morgan fingerprint density at radius 1 is 1.25 bits per heavy atom. The van der Waals surface area contributed by atoms with Crippen molar-refractivity contribution < 1.29 is 17.2 Å². The molecule has 0 amide bonds. The fourth-order valence-corrected chi connectivity index (χ4v) is 2.61. The molecular weight excluding hydrogens is 286 g/mol. The monoisotopic (exact) mass is 298 g/mol. The molecule has 7 heteroatoms. The van der Waals surface area contributed by atoms with Crippen molar-refractivity contribution in [2.75, 3.05) is 10.6 Å². The minimum atomic E-state index is -3.71. The first kappa shape index (κ1) is 14.4. The van der Waals surface area contributed by atoms with E-state index in [9.17, 15) is 17.2 Å². The maximum Gasteiger partial charge on any atom is 0.232 e. The summed E-state index contributed by atoms with van der Waals surface area (Å²) < 4.78 is 51.2. The lowest BCUT2D eigenvalue weighted by molar-refractivity contribution is 0.575. The van der Waals surface area contributed by atoms with Crippen molar-refractivity contribution >= 4 is 15.7 Å². The topological polar surface area (TPSA) is 50.3 Å². The van der Waals surface area contributed by atoms with Crippen LogP contribution in [0, 0.1) is 11.6 Å². The van der Waals surface area contributed by atoms with Gasteiger partial charge in [-0.2, -0.15) is 0 Å². The third-order valence-electron chi connectivity index (χ3n) is 2.63. The van der Waals surface area contributed by atoms with Crippen molar-refractivity contribution in [1.29, 1.82) is 0 Å². The molecule has 0 spiro atoms. The summed E-state index contributed by atoms with van der Waals surface area (Å²) >= 11 is 0. The third-order valence-corrected chi connectivity index (χ3v) is 3.75. The molecule has 0 unspecified atom stereocenters.